The number of rotatable bonds is 7. The number of carbonyl (C=O) groups is 5. The van der Waals surface area contributed by atoms with E-state index in [9.17, 15) is 44.4 Å². The van der Waals surface area contributed by atoms with E-state index in [2.05, 4.69) is 0 Å². The highest BCUT2D eigenvalue weighted by atomic mass is 16.6. The van der Waals surface area contributed by atoms with Crippen LogP contribution < -0.4 is 0 Å². The van der Waals surface area contributed by atoms with Crippen molar-refractivity contribution >= 4 is 29.2 Å². The van der Waals surface area contributed by atoms with Gasteiger partial charge < -0.3 is 49.0 Å². The van der Waals surface area contributed by atoms with Gasteiger partial charge in [0.1, 0.15) is 30.1 Å². The van der Waals surface area contributed by atoms with Gasteiger partial charge in [-0.1, -0.05) is 71.1 Å². The highest BCUT2D eigenvalue weighted by molar-refractivity contribution is 6.39. The third-order valence-electron chi connectivity index (χ3n) is 14.5. The summed E-state index contributed by atoms with van der Waals surface area (Å²) in [5.74, 6) is -8.64. The third-order valence-corrected chi connectivity index (χ3v) is 14.5. The molecule has 15 atom stereocenters. The van der Waals surface area contributed by atoms with Crippen LogP contribution in [0.5, 0.6) is 0 Å². The van der Waals surface area contributed by atoms with Crippen molar-refractivity contribution in [2.24, 2.45) is 35.5 Å². The van der Waals surface area contributed by atoms with Crippen LogP contribution in [0.2, 0.25) is 0 Å². The minimum atomic E-state index is -2.45. The summed E-state index contributed by atoms with van der Waals surface area (Å²) in [5, 5.41) is 44.3. The van der Waals surface area contributed by atoms with Crippen molar-refractivity contribution in [2.45, 2.75) is 173 Å². The zero-order valence-electron chi connectivity index (χ0n) is 40.8. The van der Waals surface area contributed by atoms with Crippen LogP contribution in [0.3, 0.4) is 0 Å². The standard InChI is InChI=1S/C51H79NO14/c1-30-15-11-10-12-16-31(2)42(62-7)27-38-20-18-35(6)51(61,66-38)48(58)49(59)52-22-14-13-17-39(52)50(60)65-43(33(4)24-36-19-21-40(54)44(26-36)63-8)28-41(55)32(3)25-37(29-53)46(57)47(64-9)45(56)34(5)23-30/h10-12,15-16,25,30,32-36,38-40,42-44,46-47,53-54,57,61H,13-14,17-24,26-29H2,1-9H3/b12-10?,15-11+,31-16?,37-25+/t30-,32-,33-,34-,35-,36+,38+,39+,40-,42+,43+,44-,46-,47+,51-/m1/s1. The first-order valence-electron chi connectivity index (χ1n) is 24.1. The normalized spacial score (nSPS) is 38.7. The molecule has 4 rings (SSSR count). The van der Waals surface area contributed by atoms with Crippen LogP contribution >= 0.6 is 0 Å². The lowest BCUT2D eigenvalue weighted by molar-refractivity contribution is -0.265. The molecule has 66 heavy (non-hydrogen) atoms. The number of allylic oxidation sites excluding steroid dienone is 6. The van der Waals surface area contributed by atoms with Crippen molar-refractivity contribution in [3.05, 3.63) is 47.6 Å². The molecule has 2 saturated heterocycles. The number of ketones is 3. The number of methoxy groups -OCH3 is 3. The lowest BCUT2D eigenvalue weighted by atomic mass is 9.78. The minimum absolute atomic E-state index is 0.0302. The van der Waals surface area contributed by atoms with Gasteiger partial charge in [0.2, 0.25) is 5.79 Å². The summed E-state index contributed by atoms with van der Waals surface area (Å²) < 4.78 is 29.3. The molecule has 15 heteroatoms. The Hall–Kier alpha value is -3.41. The van der Waals surface area contributed by atoms with Crippen LogP contribution in [0.25, 0.3) is 0 Å². The molecule has 3 aliphatic heterocycles. The molecule has 0 aromatic carbocycles. The number of amides is 1. The Labute approximate surface area is 392 Å². The first kappa shape index (κ1) is 55.2. The lowest BCUT2D eigenvalue weighted by Crippen LogP contribution is -2.61. The minimum Gasteiger partial charge on any atom is -0.460 e. The molecule has 3 fully saturated rings. The Morgan fingerprint density at radius 2 is 1.61 bits per heavy atom. The van der Waals surface area contributed by atoms with Gasteiger partial charge in [0.05, 0.1) is 31.0 Å². The van der Waals surface area contributed by atoms with Crippen molar-refractivity contribution in [1.82, 2.24) is 4.90 Å². The van der Waals surface area contributed by atoms with E-state index in [0.29, 0.717) is 64.2 Å². The summed E-state index contributed by atoms with van der Waals surface area (Å²) >= 11 is 0. The van der Waals surface area contributed by atoms with Crippen LogP contribution in [0.1, 0.15) is 119 Å². The van der Waals surface area contributed by atoms with Gasteiger partial charge >= 0.3 is 5.97 Å². The topological polar surface area (TPSA) is 216 Å². The molecule has 0 unspecified atom stereocenters. The number of cyclic esters (lactones) is 1. The number of aliphatic hydroxyl groups is 4. The SMILES string of the molecule is CO[C@H]1C[C@@H]2CC[C@@H](C)[C@@](O)(O2)C(=O)C(=O)N2CCCC[C@H]2C(=O)O[C@H]([C@H](C)C[C@@H]2CC[C@@H](O)[C@H](OC)C2)CC(=O)[C@H](C)/C=C(\CO)[C@@H](O)[C@@H](OC)C(=O)[C@H](C)C[C@H](C)/C=C/C=CC=C1C. The fourth-order valence-corrected chi connectivity index (χ4v) is 10.1. The molecular formula is C51H79NO14. The van der Waals surface area contributed by atoms with Gasteiger partial charge in [-0.25, -0.2) is 4.79 Å². The molecule has 1 saturated carbocycles. The molecule has 0 radical (unpaired) electrons. The average Bonchev–Trinajstić information content (AvgIpc) is 3.30. The maximum absolute atomic E-state index is 14.4. The van der Waals surface area contributed by atoms with Crippen LogP contribution in [0.15, 0.2) is 47.6 Å². The van der Waals surface area contributed by atoms with Crippen LogP contribution in [0.4, 0.5) is 0 Å². The summed E-state index contributed by atoms with van der Waals surface area (Å²) in [4.78, 5) is 71.8. The Balaban J connectivity index is 1.72. The zero-order valence-corrected chi connectivity index (χ0v) is 40.8. The van der Waals surface area contributed by atoms with E-state index >= 15 is 0 Å². The summed E-state index contributed by atoms with van der Waals surface area (Å²) in [6, 6.07) is -1.17. The van der Waals surface area contributed by atoms with E-state index in [1.165, 1.54) is 18.1 Å². The maximum Gasteiger partial charge on any atom is 0.329 e. The quantitative estimate of drug-likeness (QED) is 0.148. The molecule has 372 valence electrons. The van der Waals surface area contributed by atoms with Gasteiger partial charge in [-0.2, -0.15) is 0 Å². The second kappa shape index (κ2) is 25.8. The average molecular weight is 930 g/mol. The monoisotopic (exact) mass is 930 g/mol. The predicted molar refractivity (Wildman–Crippen MR) is 247 cm³/mol. The summed E-state index contributed by atoms with van der Waals surface area (Å²) in [5.41, 5.74) is 0.893. The number of fused-ring (bicyclic) bond motifs is 3. The number of esters is 1. The number of aliphatic hydroxyl groups excluding tert-OH is 3. The van der Waals surface area contributed by atoms with E-state index in [1.807, 2.05) is 51.2 Å². The molecule has 0 spiro atoms. The van der Waals surface area contributed by atoms with Crippen molar-refractivity contribution in [1.29, 1.82) is 0 Å². The second-order valence-electron chi connectivity index (χ2n) is 19.6. The van der Waals surface area contributed by atoms with Gasteiger partial charge in [0.25, 0.3) is 11.7 Å². The first-order chi connectivity index (χ1) is 31.3. The highest BCUT2D eigenvalue weighted by Gasteiger charge is 2.53. The Morgan fingerprint density at radius 3 is 2.27 bits per heavy atom. The Bertz CT molecular complexity index is 1770. The van der Waals surface area contributed by atoms with E-state index < -0.39 is 90.5 Å². The zero-order chi connectivity index (χ0) is 48.9. The number of hydrogen-bond acceptors (Lipinski definition) is 14. The highest BCUT2D eigenvalue weighted by Crippen LogP contribution is 2.38. The van der Waals surface area contributed by atoms with Gasteiger partial charge in [0, 0.05) is 58.5 Å². The molecule has 3 heterocycles. The molecule has 1 amide bonds. The fraction of sp³-hybridized carbons (Fsp3) is 0.745. The smallest absolute Gasteiger partial charge is 0.329 e. The van der Waals surface area contributed by atoms with Gasteiger partial charge in [-0.05, 0) is 100 Å². The second-order valence-corrected chi connectivity index (χ2v) is 19.6. The number of Topliss-reactive ketones (excluding diaryl/α,β-unsaturated/α-hetero) is 3. The summed E-state index contributed by atoms with van der Waals surface area (Å²) in [7, 11) is 4.43. The molecule has 4 N–H and O–H groups in total. The number of ether oxygens (including phenoxy) is 5. The predicted octanol–water partition coefficient (Wildman–Crippen LogP) is 5.15. The lowest BCUT2D eigenvalue weighted by Gasteiger charge is -2.42. The fourth-order valence-electron chi connectivity index (χ4n) is 10.1. The Morgan fingerprint density at radius 1 is 0.879 bits per heavy atom. The molecule has 4 aliphatic rings. The van der Waals surface area contributed by atoms with Gasteiger partial charge in [-0.3, -0.25) is 19.2 Å². The number of nitrogens with zero attached hydrogens (tertiary/aromatic N) is 1. The third kappa shape index (κ3) is 14.3. The molecule has 2 bridgehead atoms. The molecule has 0 aromatic heterocycles. The van der Waals surface area contributed by atoms with Crippen LogP contribution in [-0.2, 0) is 47.7 Å². The molecular weight excluding hydrogens is 851 g/mol. The Kier molecular flexibility index (Phi) is 21.6. The molecule has 0 aromatic rings. The van der Waals surface area contributed by atoms with Crippen LogP contribution in [-0.4, -0.2) is 144 Å². The van der Waals surface area contributed by atoms with E-state index in [1.54, 1.807) is 35.0 Å². The van der Waals surface area contributed by atoms with Crippen molar-refractivity contribution in [3.63, 3.8) is 0 Å². The summed E-state index contributed by atoms with van der Waals surface area (Å²) in [6.45, 7) is 10.2. The van der Waals surface area contributed by atoms with Gasteiger partial charge in [-0.15, -0.1) is 0 Å². The van der Waals surface area contributed by atoms with Crippen molar-refractivity contribution < 1.29 is 68.1 Å². The van der Waals surface area contributed by atoms with Gasteiger partial charge in [0.15, 0.2) is 5.78 Å². The van der Waals surface area contributed by atoms with E-state index in [0.717, 1.165) is 5.57 Å². The van der Waals surface area contributed by atoms with Crippen molar-refractivity contribution in [3.8, 4) is 0 Å². The molecule has 15 nitrogen and oxygen atoms in total. The largest absolute Gasteiger partial charge is 0.460 e. The number of carbonyl (C=O) groups excluding carboxylic acids is 5. The van der Waals surface area contributed by atoms with Crippen molar-refractivity contribution in [2.75, 3.05) is 34.5 Å². The molecule has 1 aliphatic carbocycles. The van der Waals surface area contributed by atoms with E-state index in [-0.39, 0.29) is 60.4 Å². The van der Waals surface area contributed by atoms with Crippen LogP contribution in [0, 0.1) is 35.5 Å². The first-order valence-corrected chi connectivity index (χ1v) is 24.1. The number of hydrogen-bond donors (Lipinski definition) is 4. The number of piperidine rings is 1. The summed E-state index contributed by atoms with van der Waals surface area (Å²) in [6.07, 6.45) is 9.97. The van der Waals surface area contributed by atoms with E-state index in [4.69, 9.17) is 23.7 Å². The maximum atomic E-state index is 14.4.